The molecule has 2 rings (SSSR count). The highest BCUT2D eigenvalue weighted by Crippen LogP contribution is 2.33. The van der Waals surface area contributed by atoms with Crippen LogP contribution in [0, 0.1) is 0 Å². The first-order chi connectivity index (χ1) is 8.93. The Morgan fingerprint density at radius 1 is 1.26 bits per heavy atom. The molecule has 0 radical (unpaired) electrons. The molecule has 1 heterocycles. The van der Waals surface area contributed by atoms with Crippen LogP contribution in [0.4, 0.5) is 0 Å². The Kier molecular flexibility index (Phi) is 3.98. The van der Waals surface area contributed by atoms with Gasteiger partial charge in [0, 0.05) is 6.26 Å². The fourth-order valence-electron chi connectivity index (χ4n) is 2.00. The number of nitrogens with one attached hydrogen (secondary N) is 1. The van der Waals surface area contributed by atoms with Gasteiger partial charge in [-0.25, -0.2) is 8.42 Å². The predicted octanol–water partition coefficient (Wildman–Crippen LogP) is 0.395. The molecule has 0 bridgehead atoms. The zero-order valence-electron chi connectivity index (χ0n) is 10.9. The third-order valence-electron chi connectivity index (χ3n) is 3.25. The maximum absolute atomic E-state index is 11.6. The average Bonchev–Trinajstić information content (AvgIpc) is 2.38. The van der Waals surface area contributed by atoms with Crippen molar-refractivity contribution in [2.45, 2.75) is 18.2 Å². The van der Waals surface area contributed by atoms with Crippen LogP contribution in [0.25, 0.3) is 0 Å². The third-order valence-corrected chi connectivity index (χ3v) is 4.87. The third kappa shape index (κ3) is 2.99. The van der Waals surface area contributed by atoms with Crippen molar-refractivity contribution in [3.05, 3.63) is 23.8 Å². The summed E-state index contributed by atoms with van der Waals surface area (Å²) in [4.78, 5) is 0. The smallest absolute Gasteiger partial charge is 0.161 e. The first-order valence-corrected chi connectivity index (χ1v) is 7.93. The molecule has 0 aliphatic carbocycles. The maximum Gasteiger partial charge on any atom is 0.161 e. The molecule has 0 amide bonds. The van der Waals surface area contributed by atoms with E-state index in [4.69, 9.17) is 15.3 Å². The van der Waals surface area contributed by atoms with Crippen LogP contribution in [0.15, 0.2) is 18.2 Å². The summed E-state index contributed by atoms with van der Waals surface area (Å²) >= 11 is 0. The van der Waals surface area contributed by atoms with Crippen LogP contribution in [-0.4, -0.2) is 33.1 Å². The molecule has 2 unspecified atom stereocenters. The molecule has 19 heavy (non-hydrogen) atoms. The van der Waals surface area contributed by atoms with E-state index >= 15 is 0 Å². The quantitative estimate of drug-likeness (QED) is 0.615. The summed E-state index contributed by atoms with van der Waals surface area (Å²) in [6.07, 6.45) is 1.19. The van der Waals surface area contributed by atoms with E-state index in [0.717, 1.165) is 5.56 Å². The first-order valence-electron chi connectivity index (χ1n) is 5.98. The van der Waals surface area contributed by atoms with Crippen molar-refractivity contribution < 1.29 is 17.9 Å². The highest BCUT2D eigenvalue weighted by Gasteiger charge is 2.27. The second kappa shape index (κ2) is 5.36. The summed E-state index contributed by atoms with van der Waals surface area (Å²) in [6, 6.07) is 4.83. The number of fused-ring (bicyclic) bond motifs is 1. The van der Waals surface area contributed by atoms with Gasteiger partial charge in [0.15, 0.2) is 21.3 Å². The number of hydrazine groups is 1. The van der Waals surface area contributed by atoms with Crippen LogP contribution < -0.4 is 20.7 Å². The van der Waals surface area contributed by atoms with E-state index in [9.17, 15) is 8.42 Å². The molecule has 2 atom stereocenters. The normalized spacial score (nSPS) is 17.8. The molecule has 106 valence electrons. The second-order valence-corrected chi connectivity index (χ2v) is 6.98. The summed E-state index contributed by atoms with van der Waals surface area (Å²) in [5.41, 5.74) is 3.31. The van der Waals surface area contributed by atoms with Gasteiger partial charge >= 0.3 is 0 Å². The zero-order valence-corrected chi connectivity index (χ0v) is 11.7. The van der Waals surface area contributed by atoms with Crippen LogP contribution in [-0.2, 0) is 9.84 Å². The van der Waals surface area contributed by atoms with Gasteiger partial charge in [-0.3, -0.25) is 11.3 Å². The Morgan fingerprint density at radius 3 is 2.47 bits per heavy atom. The van der Waals surface area contributed by atoms with Gasteiger partial charge in [-0.15, -0.1) is 0 Å². The number of benzene rings is 1. The van der Waals surface area contributed by atoms with Gasteiger partial charge in [0.25, 0.3) is 0 Å². The van der Waals surface area contributed by atoms with Crippen molar-refractivity contribution in [3.63, 3.8) is 0 Å². The summed E-state index contributed by atoms with van der Waals surface area (Å²) in [6.45, 7) is 2.63. The van der Waals surface area contributed by atoms with Crippen molar-refractivity contribution in [3.8, 4) is 11.5 Å². The molecule has 3 N–H and O–H groups in total. The van der Waals surface area contributed by atoms with E-state index in [1.54, 1.807) is 25.1 Å². The Hall–Kier alpha value is -1.31. The summed E-state index contributed by atoms with van der Waals surface area (Å²) in [7, 11) is -3.20. The Balaban J connectivity index is 2.34. The number of hydrogen-bond acceptors (Lipinski definition) is 6. The molecular weight excluding hydrogens is 268 g/mol. The molecule has 0 saturated carbocycles. The van der Waals surface area contributed by atoms with E-state index in [1.807, 2.05) is 0 Å². The minimum Gasteiger partial charge on any atom is -0.486 e. The van der Waals surface area contributed by atoms with Crippen LogP contribution in [0.5, 0.6) is 11.5 Å². The van der Waals surface area contributed by atoms with Gasteiger partial charge in [-0.1, -0.05) is 6.07 Å². The zero-order chi connectivity index (χ0) is 14.0. The van der Waals surface area contributed by atoms with Crippen molar-refractivity contribution in [2.24, 2.45) is 5.84 Å². The Labute approximate surface area is 112 Å². The van der Waals surface area contributed by atoms with Gasteiger partial charge in [-0.2, -0.15) is 0 Å². The molecular formula is C12H18N2O4S. The van der Waals surface area contributed by atoms with E-state index in [1.165, 1.54) is 6.26 Å². The molecule has 0 spiro atoms. The molecule has 0 fully saturated rings. The number of sulfone groups is 1. The molecule has 0 aromatic heterocycles. The molecule has 1 aromatic carbocycles. The highest BCUT2D eigenvalue weighted by atomic mass is 32.2. The SMILES string of the molecule is CC(C(NN)c1ccc2c(c1)OCCO2)S(C)(=O)=O. The standard InChI is InChI=1S/C12H18N2O4S/c1-8(19(2,15)16)12(14-13)9-3-4-10-11(7-9)18-6-5-17-10/h3-4,7-8,12,14H,5-6,13H2,1-2H3. The van der Waals surface area contributed by atoms with E-state index < -0.39 is 21.1 Å². The van der Waals surface area contributed by atoms with Crippen molar-refractivity contribution in [2.75, 3.05) is 19.5 Å². The second-order valence-electron chi connectivity index (χ2n) is 4.58. The summed E-state index contributed by atoms with van der Waals surface area (Å²) in [5, 5.41) is -0.639. The fraction of sp³-hybridized carbons (Fsp3) is 0.500. The van der Waals surface area contributed by atoms with E-state index in [2.05, 4.69) is 5.43 Å². The largest absolute Gasteiger partial charge is 0.486 e. The van der Waals surface area contributed by atoms with Crippen molar-refractivity contribution >= 4 is 9.84 Å². The van der Waals surface area contributed by atoms with Crippen LogP contribution in [0.3, 0.4) is 0 Å². The van der Waals surface area contributed by atoms with Gasteiger partial charge in [0.1, 0.15) is 13.2 Å². The van der Waals surface area contributed by atoms with Gasteiger partial charge < -0.3 is 9.47 Å². The number of ether oxygens (including phenoxy) is 2. The minimum absolute atomic E-state index is 0.485. The van der Waals surface area contributed by atoms with Crippen LogP contribution in [0.2, 0.25) is 0 Å². The van der Waals surface area contributed by atoms with Crippen molar-refractivity contribution in [1.82, 2.24) is 5.43 Å². The number of rotatable bonds is 4. The summed E-state index contributed by atoms with van der Waals surface area (Å²) in [5.74, 6) is 6.77. The van der Waals surface area contributed by atoms with Gasteiger partial charge in [-0.05, 0) is 24.6 Å². The molecule has 1 aliphatic heterocycles. The highest BCUT2D eigenvalue weighted by molar-refractivity contribution is 7.91. The molecule has 1 aromatic rings. The van der Waals surface area contributed by atoms with E-state index in [0.29, 0.717) is 24.7 Å². The fourth-order valence-corrected chi connectivity index (χ4v) is 2.73. The first kappa shape index (κ1) is 14.1. The number of hydrogen-bond donors (Lipinski definition) is 2. The van der Waals surface area contributed by atoms with Crippen molar-refractivity contribution in [1.29, 1.82) is 0 Å². The van der Waals surface area contributed by atoms with Crippen LogP contribution in [0.1, 0.15) is 18.5 Å². The van der Waals surface area contributed by atoms with Gasteiger partial charge in [0.2, 0.25) is 0 Å². The molecule has 7 heteroatoms. The minimum atomic E-state index is -3.20. The van der Waals surface area contributed by atoms with E-state index in [-0.39, 0.29) is 0 Å². The topological polar surface area (TPSA) is 90.7 Å². The lowest BCUT2D eigenvalue weighted by molar-refractivity contribution is 0.171. The van der Waals surface area contributed by atoms with Crippen LogP contribution >= 0.6 is 0 Å². The summed E-state index contributed by atoms with van der Waals surface area (Å²) < 4.78 is 34.2. The average molecular weight is 286 g/mol. The molecule has 0 saturated heterocycles. The predicted molar refractivity (Wildman–Crippen MR) is 71.8 cm³/mol. The maximum atomic E-state index is 11.6. The molecule has 1 aliphatic rings. The lowest BCUT2D eigenvalue weighted by Gasteiger charge is -2.24. The Morgan fingerprint density at radius 2 is 1.89 bits per heavy atom. The van der Waals surface area contributed by atoms with Gasteiger partial charge in [0.05, 0.1) is 11.3 Å². The monoisotopic (exact) mass is 286 g/mol. The Bertz CT molecular complexity index is 559. The lowest BCUT2D eigenvalue weighted by Crippen LogP contribution is -2.38. The lowest BCUT2D eigenvalue weighted by atomic mass is 10.0. The molecule has 6 nitrogen and oxygen atoms in total. The number of nitrogens with two attached hydrogens (primary N) is 1.